The molecular weight excluding hydrogens is 316 g/mol. The number of aromatic nitrogens is 4. The fourth-order valence-corrected chi connectivity index (χ4v) is 3.22. The van der Waals surface area contributed by atoms with Crippen LogP contribution in [0.1, 0.15) is 32.2 Å². The zero-order valence-electron chi connectivity index (χ0n) is 14.6. The molecule has 1 aromatic carbocycles. The number of rotatable bonds is 5. The highest BCUT2D eigenvalue weighted by Gasteiger charge is 2.19. The monoisotopic (exact) mass is 336 g/mol. The van der Waals surface area contributed by atoms with Crippen molar-refractivity contribution in [1.29, 1.82) is 0 Å². The molecule has 4 aromatic rings. The third-order valence-corrected chi connectivity index (χ3v) is 4.36. The quantitative estimate of drug-likeness (QED) is 0.588. The van der Waals surface area contributed by atoms with Crippen LogP contribution in [0.15, 0.2) is 28.9 Å². The van der Waals surface area contributed by atoms with Crippen molar-refractivity contribution in [2.75, 3.05) is 6.61 Å². The van der Waals surface area contributed by atoms with Crippen LogP contribution in [0.2, 0.25) is 0 Å². The summed E-state index contributed by atoms with van der Waals surface area (Å²) < 4.78 is 11.1. The zero-order chi connectivity index (χ0) is 17.4. The van der Waals surface area contributed by atoms with Crippen molar-refractivity contribution in [3.63, 3.8) is 0 Å². The van der Waals surface area contributed by atoms with E-state index in [4.69, 9.17) is 9.26 Å². The minimum Gasteiger partial charge on any atom is -0.494 e. The molecule has 6 heteroatoms. The van der Waals surface area contributed by atoms with Crippen molar-refractivity contribution in [1.82, 2.24) is 20.1 Å². The SMILES string of the molecule is CCOc1ccc2[nH]c3cnc(-c4nc(CC)no4)c(CC)c3c2c1. The minimum absolute atomic E-state index is 0.478. The topological polar surface area (TPSA) is 76.8 Å². The summed E-state index contributed by atoms with van der Waals surface area (Å²) in [5.41, 5.74) is 3.92. The maximum atomic E-state index is 5.67. The van der Waals surface area contributed by atoms with Crippen molar-refractivity contribution in [3.8, 4) is 17.3 Å². The maximum Gasteiger partial charge on any atom is 0.276 e. The first kappa shape index (κ1) is 15.6. The number of nitrogens with one attached hydrogen (secondary N) is 1. The summed E-state index contributed by atoms with van der Waals surface area (Å²) in [6.07, 6.45) is 3.38. The number of benzene rings is 1. The van der Waals surface area contributed by atoms with Gasteiger partial charge in [0.05, 0.1) is 18.3 Å². The molecule has 0 aliphatic carbocycles. The predicted octanol–water partition coefficient (Wildman–Crippen LogP) is 4.29. The lowest BCUT2D eigenvalue weighted by Gasteiger charge is -2.06. The van der Waals surface area contributed by atoms with Gasteiger partial charge in [0, 0.05) is 22.7 Å². The molecule has 0 atom stereocenters. The zero-order valence-corrected chi connectivity index (χ0v) is 14.6. The van der Waals surface area contributed by atoms with E-state index in [0.717, 1.165) is 51.7 Å². The van der Waals surface area contributed by atoms with E-state index in [2.05, 4.69) is 33.1 Å². The predicted molar refractivity (Wildman–Crippen MR) is 96.8 cm³/mol. The van der Waals surface area contributed by atoms with Gasteiger partial charge in [0.25, 0.3) is 5.89 Å². The second kappa shape index (κ2) is 6.20. The van der Waals surface area contributed by atoms with Gasteiger partial charge in [-0.3, -0.25) is 0 Å². The molecule has 3 heterocycles. The van der Waals surface area contributed by atoms with Crippen LogP contribution in [0.3, 0.4) is 0 Å². The third kappa shape index (κ3) is 2.54. The van der Waals surface area contributed by atoms with Gasteiger partial charge < -0.3 is 14.2 Å². The molecular formula is C19H20N4O2. The molecule has 0 amide bonds. The highest BCUT2D eigenvalue weighted by Crippen LogP contribution is 2.35. The number of hydrogen-bond donors (Lipinski definition) is 1. The van der Waals surface area contributed by atoms with Crippen LogP contribution in [0.4, 0.5) is 0 Å². The summed E-state index contributed by atoms with van der Waals surface area (Å²) >= 11 is 0. The Morgan fingerprint density at radius 3 is 2.72 bits per heavy atom. The van der Waals surface area contributed by atoms with Crippen molar-refractivity contribution in [2.24, 2.45) is 0 Å². The fraction of sp³-hybridized carbons (Fsp3) is 0.316. The highest BCUT2D eigenvalue weighted by molar-refractivity contribution is 6.10. The molecule has 6 nitrogen and oxygen atoms in total. The molecule has 0 aliphatic rings. The second-order valence-electron chi connectivity index (χ2n) is 5.86. The van der Waals surface area contributed by atoms with Crippen LogP contribution in [0.5, 0.6) is 5.75 Å². The molecule has 1 N–H and O–H groups in total. The van der Waals surface area contributed by atoms with Crippen molar-refractivity contribution in [2.45, 2.75) is 33.6 Å². The molecule has 4 rings (SSSR count). The number of nitrogens with zero attached hydrogens (tertiary/aromatic N) is 3. The Balaban J connectivity index is 1.99. The van der Waals surface area contributed by atoms with Gasteiger partial charge in [-0.2, -0.15) is 4.98 Å². The largest absolute Gasteiger partial charge is 0.494 e. The lowest BCUT2D eigenvalue weighted by molar-refractivity contribution is 0.341. The molecule has 0 aliphatic heterocycles. The Morgan fingerprint density at radius 1 is 1.12 bits per heavy atom. The summed E-state index contributed by atoms with van der Waals surface area (Å²) in [6.45, 7) is 6.74. The lowest BCUT2D eigenvalue weighted by Crippen LogP contribution is -1.94. The Hall–Kier alpha value is -2.89. The number of aryl methyl sites for hydroxylation is 2. The molecule has 0 bridgehead atoms. The van der Waals surface area contributed by atoms with E-state index in [-0.39, 0.29) is 0 Å². The number of ether oxygens (including phenoxy) is 1. The lowest BCUT2D eigenvalue weighted by atomic mass is 10.0. The highest BCUT2D eigenvalue weighted by atomic mass is 16.5. The summed E-state index contributed by atoms with van der Waals surface area (Å²) in [7, 11) is 0. The Bertz CT molecular complexity index is 1050. The van der Waals surface area contributed by atoms with E-state index in [1.54, 1.807) is 0 Å². The smallest absolute Gasteiger partial charge is 0.276 e. The van der Waals surface area contributed by atoms with Crippen molar-refractivity contribution in [3.05, 3.63) is 35.8 Å². The minimum atomic E-state index is 0.478. The maximum absolute atomic E-state index is 5.67. The average molecular weight is 336 g/mol. The van der Waals surface area contributed by atoms with Gasteiger partial charge in [0.15, 0.2) is 5.82 Å². The first-order chi connectivity index (χ1) is 12.2. The molecule has 0 unspecified atom stereocenters. The van der Waals surface area contributed by atoms with E-state index in [1.165, 1.54) is 0 Å². The Morgan fingerprint density at radius 2 is 2.00 bits per heavy atom. The number of aromatic amines is 1. The molecule has 3 aromatic heterocycles. The van der Waals surface area contributed by atoms with Crippen LogP contribution in [0.25, 0.3) is 33.4 Å². The van der Waals surface area contributed by atoms with E-state index >= 15 is 0 Å². The third-order valence-electron chi connectivity index (χ3n) is 4.36. The van der Waals surface area contributed by atoms with Gasteiger partial charge in [-0.25, -0.2) is 4.98 Å². The van der Waals surface area contributed by atoms with Crippen LogP contribution < -0.4 is 4.74 Å². The van der Waals surface area contributed by atoms with Crippen molar-refractivity contribution >= 4 is 21.8 Å². The fourth-order valence-electron chi connectivity index (χ4n) is 3.22. The summed E-state index contributed by atoms with van der Waals surface area (Å²) in [5, 5.41) is 6.26. The summed E-state index contributed by atoms with van der Waals surface area (Å²) in [4.78, 5) is 12.5. The van der Waals surface area contributed by atoms with Crippen LogP contribution in [-0.2, 0) is 12.8 Å². The van der Waals surface area contributed by atoms with Gasteiger partial charge >= 0.3 is 0 Å². The van der Waals surface area contributed by atoms with E-state index in [9.17, 15) is 0 Å². The van der Waals surface area contributed by atoms with Crippen LogP contribution in [-0.4, -0.2) is 26.7 Å². The van der Waals surface area contributed by atoms with Gasteiger partial charge in [-0.1, -0.05) is 19.0 Å². The van der Waals surface area contributed by atoms with E-state index in [1.807, 2.05) is 32.2 Å². The van der Waals surface area contributed by atoms with Crippen molar-refractivity contribution < 1.29 is 9.26 Å². The molecule has 128 valence electrons. The van der Waals surface area contributed by atoms with Gasteiger partial charge in [0.2, 0.25) is 0 Å². The van der Waals surface area contributed by atoms with Gasteiger partial charge in [-0.05, 0) is 37.1 Å². The number of fused-ring (bicyclic) bond motifs is 3. The van der Waals surface area contributed by atoms with E-state index < -0.39 is 0 Å². The number of H-pyrrole nitrogens is 1. The summed E-state index contributed by atoms with van der Waals surface area (Å²) in [6, 6.07) is 6.10. The van der Waals surface area contributed by atoms with Crippen LogP contribution in [0, 0.1) is 0 Å². The summed E-state index contributed by atoms with van der Waals surface area (Å²) in [5.74, 6) is 2.03. The Kier molecular flexibility index (Phi) is 3.87. The molecule has 0 saturated heterocycles. The average Bonchev–Trinajstić information content (AvgIpc) is 3.25. The van der Waals surface area contributed by atoms with Gasteiger partial charge in [0.1, 0.15) is 11.4 Å². The number of hydrogen-bond acceptors (Lipinski definition) is 5. The second-order valence-corrected chi connectivity index (χ2v) is 5.86. The first-order valence-electron chi connectivity index (χ1n) is 8.64. The molecule has 0 radical (unpaired) electrons. The van der Waals surface area contributed by atoms with E-state index in [0.29, 0.717) is 18.3 Å². The normalized spacial score (nSPS) is 11.5. The molecule has 25 heavy (non-hydrogen) atoms. The standard InChI is InChI=1S/C19H20N4O2/c1-4-12-17-13-9-11(24-6-3)7-8-14(13)21-15(17)10-20-18(12)19-22-16(5-2)23-25-19/h7-10,21H,4-6H2,1-3H3. The first-order valence-corrected chi connectivity index (χ1v) is 8.64. The van der Waals surface area contributed by atoms with Crippen LogP contribution >= 0.6 is 0 Å². The molecule has 0 fully saturated rings. The Labute approximate surface area is 145 Å². The molecule has 0 spiro atoms. The van der Waals surface area contributed by atoms with Gasteiger partial charge in [-0.15, -0.1) is 0 Å². The number of pyridine rings is 1. The molecule has 0 saturated carbocycles.